The van der Waals surface area contributed by atoms with Crippen LogP contribution in [0.4, 0.5) is 0 Å². The second kappa shape index (κ2) is 2.83. The Kier molecular flexibility index (Phi) is 1.72. The summed E-state index contributed by atoms with van der Waals surface area (Å²) in [7, 11) is 2.26. The van der Waals surface area contributed by atoms with Gasteiger partial charge in [0.1, 0.15) is 0 Å². The zero-order valence-electron chi connectivity index (χ0n) is 8.96. The fourth-order valence-electron chi connectivity index (χ4n) is 3.08. The molecular weight excluding hydrogens is 170 g/mol. The number of benzene rings is 1. The van der Waals surface area contributed by atoms with Crippen molar-refractivity contribution in [3.8, 4) is 0 Å². The molecule has 1 aliphatic heterocycles. The lowest BCUT2D eigenvalue weighted by Gasteiger charge is -2.29. The van der Waals surface area contributed by atoms with Gasteiger partial charge in [0.25, 0.3) is 0 Å². The number of hydrogen-bond donors (Lipinski definition) is 0. The summed E-state index contributed by atoms with van der Waals surface area (Å²) in [6.45, 7) is 3.46. The second-order valence-electron chi connectivity index (χ2n) is 4.85. The quantitative estimate of drug-likeness (QED) is 0.603. The van der Waals surface area contributed by atoms with E-state index in [1.54, 1.807) is 11.1 Å². The van der Waals surface area contributed by atoms with E-state index in [4.69, 9.17) is 0 Å². The molecule has 0 spiro atoms. The van der Waals surface area contributed by atoms with Crippen LogP contribution in [-0.4, -0.2) is 18.5 Å². The summed E-state index contributed by atoms with van der Waals surface area (Å²) >= 11 is 0. The van der Waals surface area contributed by atoms with Crippen molar-refractivity contribution in [3.05, 3.63) is 34.9 Å². The highest BCUT2D eigenvalue weighted by Gasteiger charge is 2.36. The summed E-state index contributed by atoms with van der Waals surface area (Å²) in [6, 6.07) is 7.72. The van der Waals surface area contributed by atoms with Crippen molar-refractivity contribution in [2.45, 2.75) is 31.7 Å². The van der Waals surface area contributed by atoms with Crippen LogP contribution in [0.15, 0.2) is 18.2 Å². The molecule has 2 atom stereocenters. The van der Waals surface area contributed by atoms with Gasteiger partial charge in [-0.05, 0) is 50.4 Å². The number of likely N-dealkylation sites (tertiary alicyclic amines) is 1. The monoisotopic (exact) mass is 187 g/mol. The fraction of sp³-hybridized carbons (Fsp3) is 0.538. The molecule has 1 heterocycles. The molecule has 0 N–H and O–H groups in total. The van der Waals surface area contributed by atoms with Gasteiger partial charge >= 0.3 is 0 Å². The van der Waals surface area contributed by atoms with Crippen molar-refractivity contribution < 1.29 is 0 Å². The van der Waals surface area contributed by atoms with Gasteiger partial charge in [-0.15, -0.1) is 0 Å². The van der Waals surface area contributed by atoms with Crippen LogP contribution in [0.1, 0.15) is 41.5 Å². The van der Waals surface area contributed by atoms with Crippen molar-refractivity contribution in [2.24, 2.45) is 0 Å². The molecule has 14 heavy (non-hydrogen) atoms. The van der Waals surface area contributed by atoms with Crippen molar-refractivity contribution in [1.29, 1.82) is 0 Å². The molecular formula is C13H17N. The molecule has 74 valence electrons. The summed E-state index contributed by atoms with van der Waals surface area (Å²) in [5.41, 5.74) is 4.64. The first-order valence-corrected chi connectivity index (χ1v) is 5.56. The Hall–Kier alpha value is -0.820. The van der Waals surface area contributed by atoms with E-state index in [2.05, 4.69) is 37.1 Å². The number of piperidine rings is 1. The minimum absolute atomic E-state index is 0.712. The molecule has 1 aromatic rings. The maximum atomic E-state index is 2.52. The molecule has 1 nitrogen and oxygen atoms in total. The number of hydrogen-bond acceptors (Lipinski definition) is 1. The van der Waals surface area contributed by atoms with Crippen LogP contribution >= 0.6 is 0 Å². The van der Waals surface area contributed by atoms with Crippen LogP contribution in [-0.2, 0) is 0 Å². The normalized spacial score (nSPS) is 30.4. The molecule has 0 aromatic heterocycles. The summed E-state index contributed by atoms with van der Waals surface area (Å²) < 4.78 is 0. The first-order valence-electron chi connectivity index (χ1n) is 5.56. The van der Waals surface area contributed by atoms with Crippen LogP contribution in [0.2, 0.25) is 0 Å². The van der Waals surface area contributed by atoms with Gasteiger partial charge in [0.2, 0.25) is 0 Å². The lowest BCUT2D eigenvalue weighted by atomic mass is 9.96. The summed E-state index contributed by atoms with van der Waals surface area (Å²) in [5.74, 6) is 0.854. The Morgan fingerprint density at radius 2 is 2.14 bits per heavy atom. The molecule has 1 fully saturated rings. The van der Waals surface area contributed by atoms with Gasteiger partial charge in [0.15, 0.2) is 0 Å². The van der Waals surface area contributed by atoms with Gasteiger partial charge in [-0.25, -0.2) is 0 Å². The van der Waals surface area contributed by atoms with Crippen LogP contribution in [0.3, 0.4) is 0 Å². The van der Waals surface area contributed by atoms with E-state index in [0.29, 0.717) is 6.04 Å². The van der Waals surface area contributed by atoms with E-state index in [-0.39, 0.29) is 0 Å². The summed E-state index contributed by atoms with van der Waals surface area (Å²) in [4.78, 5) is 2.52. The third-order valence-electron chi connectivity index (χ3n) is 3.91. The van der Waals surface area contributed by atoms with Crippen LogP contribution < -0.4 is 0 Å². The van der Waals surface area contributed by atoms with Crippen LogP contribution in [0, 0.1) is 6.92 Å². The van der Waals surface area contributed by atoms with Crippen LogP contribution in [0.5, 0.6) is 0 Å². The van der Waals surface area contributed by atoms with Gasteiger partial charge in [0.05, 0.1) is 0 Å². The Bertz CT molecular complexity index is 369. The minimum atomic E-state index is 0.712. The van der Waals surface area contributed by atoms with Gasteiger partial charge in [-0.3, -0.25) is 4.90 Å². The van der Waals surface area contributed by atoms with Crippen molar-refractivity contribution >= 4 is 0 Å². The fourth-order valence-corrected chi connectivity index (χ4v) is 3.08. The molecule has 0 unspecified atom stereocenters. The number of nitrogens with zero attached hydrogens (tertiary/aromatic N) is 1. The molecule has 1 heteroatoms. The largest absolute Gasteiger partial charge is 0.299 e. The second-order valence-corrected chi connectivity index (χ2v) is 4.85. The van der Waals surface area contributed by atoms with E-state index < -0.39 is 0 Å². The van der Waals surface area contributed by atoms with Gasteiger partial charge in [-0.1, -0.05) is 23.8 Å². The highest BCUT2D eigenvalue weighted by molar-refractivity contribution is 5.41. The first-order chi connectivity index (χ1) is 6.75. The molecule has 1 aliphatic carbocycles. The Labute approximate surface area is 85.7 Å². The zero-order chi connectivity index (χ0) is 9.71. The molecule has 0 radical (unpaired) electrons. The molecule has 0 saturated carbocycles. The third kappa shape index (κ3) is 1.05. The molecule has 2 aliphatic rings. The first kappa shape index (κ1) is 8.49. The Balaban J connectivity index is 2.13. The van der Waals surface area contributed by atoms with Gasteiger partial charge < -0.3 is 0 Å². The van der Waals surface area contributed by atoms with Gasteiger partial charge in [-0.2, -0.15) is 0 Å². The highest BCUT2D eigenvalue weighted by Crippen LogP contribution is 2.48. The van der Waals surface area contributed by atoms with E-state index in [9.17, 15) is 0 Å². The maximum Gasteiger partial charge on any atom is 0.0353 e. The Morgan fingerprint density at radius 3 is 3.00 bits per heavy atom. The topological polar surface area (TPSA) is 3.24 Å². The maximum absolute atomic E-state index is 2.52. The third-order valence-corrected chi connectivity index (χ3v) is 3.91. The molecule has 0 amide bonds. The SMILES string of the molecule is Cc1ccc2c(c1)[C@@H]1C[C@H]2CCN1C. The predicted molar refractivity (Wildman–Crippen MR) is 58.5 cm³/mol. The molecule has 2 bridgehead atoms. The van der Waals surface area contributed by atoms with Crippen molar-refractivity contribution in [1.82, 2.24) is 4.90 Å². The zero-order valence-corrected chi connectivity index (χ0v) is 8.96. The summed E-state index contributed by atoms with van der Waals surface area (Å²) in [5, 5.41) is 0. The molecule has 1 aromatic carbocycles. The lowest BCUT2D eigenvalue weighted by molar-refractivity contribution is 0.192. The number of fused-ring (bicyclic) bond motifs is 5. The number of aryl methyl sites for hydroxylation is 1. The standard InChI is InChI=1S/C13H17N/c1-9-3-4-11-10-5-6-14(2)13(8-10)12(11)7-9/h3-4,7,10,13H,5-6,8H2,1-2H3/t10-,13+/m1/s1. The number of rotatable bonds is 0. The average Bonchev–Trinajstić information content (AvgIpc) is 2.47. The minimum Gasteiger partial charge on any atom is -0.299 e. The Morgan fingerprint density at radius 1 is 1.29 bits per heavy atom. The predicted octanol–water partition coefficient (Wildman–Crippen LogP) is 2.86. The van der Waals surface area contributed by atoms with E-state index in [1.165, 1.54) is 24.9 Å². The van der Waals surface area contributed by atoms with Crippen molar-refractivity contribution in [2.75, 3.05) is 13.6 Å². The van der Waals surface area contributed by atoms with E-state index in [1.807, 2.05) is 0 Å². The molecule has 1 saturated heterocycles. The van der Waals surface area contributed by atoms with Crippen LogP contribution in [0.25, 0.3) is 0 Å². The smallest absolute Gasteiger partial charge is 0.0353 e. The lowest BCUT2D eigenvalue weighted by Crippen LogP contribution is -2.28. The average molecular weight is 187 g/mol. The van der Waals surface area contributed by atoms with E-state index >= 15 is 0 Å². The van der Waals surface area contributed by atoms with Crippen molar-refractivity contribution in [3.63, 3.8) is 0 Å². The summed E-state index contributed by atoms with van der Waals surface area (Å²) in [6.07, 6.45) is 2.71. The van der Waals surface area contributed by atoms with E-state index in [0.717, 1.165) is 5.92 Å². The molecule has 3 rings (SSSR count). The highest BCUT2D eigenvalue weighted by atomic mass is 15.1. The van der Waals surface area contributed by atoms with Gasteiger partial charge in [0, 0.05) is 6.04 Å².